The molecule has 2 aromatic heterocycles. The average Bonchev–Trinajstić information content (AvgIpc) is 3.51. The Balaban J connectivity index is 1.09. The Morgan fingerprint density at radius 3 is 2.89 bits per heavy atom. The van der Waals surface area contributed by atoms with E-state index in [0.717, 1.165) is 74.6 Å². The number of aromatic nitrogens is 3. The summed E-state index contributed by atoms with van der Waals surface area (Å²) < 4.78 is 11.9. The Morgan fingerprint density at radius 1 is 1.04 bits per heavy atom. The van der Waals surface area contributed by atoms with Crippen LogP contribution in [0.1, 0.15) is 82.5 Å². The number of H-pyrrole nitrogens is 1. The van der Waals surface area contributed by atoms with Gasteiger partial charge in [0.15, 0.2) is 5.82 Å². The summed E-state index contributed by atoms with van der Waals surface area (Å²) in [5.41, 5.74) is 8.49. The number of anilines is 1. The van der Waals surface area contributed by atoms with E-state index < -0.39 is 6.04 Å². The number of aliphatic imine (C=N–C) groups is 1. The molecule has 244 valence electrons. The van der Waals surface area contributed by atoms with Crippen LogP contribution in [-0.2, 0) is 9.53 Å². The van der Waals surface area contributed by atoms with Gasteiger partial charge in [0.05, 0.1) is 17.7 Å². The number of nitrogens with one attached hydrogen (secondary N) is 3. The van der Waals surface area contributed by atoms with Crippen LogP contribution < -0.4 is 15.4 Å². The summed E-state index contributed by atoms with van der Waals surface area (Å²) in [6, 6.07) is 3.28. The Morgan fingerprint density at radius 2 is 1.98 bits per heavy atom. The number of rotatable bonds is 12. The van der Waals surface area contributed by atoms with Crippen molar-refractivity contribution in [3.05, 3.63) is 82.6 Å². The van der Waals surface area contributed by atoms with Crippen LogP contribution in [-0.4, -0.2) is 70.4 Å². The highest BCUT2D eigenvalue weighted by atomic mass is 16.5. The molecule has 0 fully saturated rings. The maximum absolute atomic E-state index is 13.2. The highest BCUT2D eigenvalue weighted by Crippen LogP contribution is 2.28. The number of imidazole rings is 1. The van der Waals surface area contributed by atoms with Crippen LogP contribution in [0, 0.1) is 6.92 Å². The first kappa shape index (κ1) is 31.8. The largest absolute Gasteiger partial charge is 0.490 e. The van der Waals surface area contributed by atoms with Gasteiger partial charge in [-0.1, -0.05) is 17.7 Å². The topological polar surface area (TPSA) is 117 Å². The van der Waals surface area contributed by atoms with Crippen molar-refractivity contribution in [2.75, 3.05) is 38.1 Å². The van der Waals surface area contributed by atoms with Crippen LogP contribution in [0.25, 0.3) is 0 Å². The second kappa shape index (κ2) is 15.4. The van der Waals surface area contributed by atoms with E-state index in [2.05, 4.69) is 49.6 Å². The Bertz CT molecular complexity index is 1550. The third kappa shape index (κ3) is 8.15. The van der Waals surface area contributed by atoms with Gasteiger partial charge < -0.3 is 25.1 Å². The van der Waals surface area contributed by atoms with Gasteiger partial charge in [-0.3, -0.25) is 14.9 Å². The lowest BCUT2D eigenvalue weighted by molar-refractivity contribution is -0.141. The molecule has 5 heterocycles. The molecule has 0 spiro atoms. The molecule has 46 heavy (non-hydrogen) atoms. The van der Waals surface area contributed by atoms with Gasteiger partial charge in [0, 0.05) is 44.1 Å². The number of ether oxygens (including phenoxy) is 2. The van der Waals surface area contributed by atoms with E-state index in [-0.39, 0.29) is 5.97 Å². The van der Waals surface area contributed by atoms with Crippen molar-refractivity contribution in [1.82, 2.24) is 25.2 Å². The molecule has 10 nitrogen and oxygen atoms in total. The smallest absolute Gasteiger partial charge is 0.336 e. The first-order chi connectivity index (χ1) is 22.5. The van der Waals surface area contributed by atoms with Crippen molar-refractivity contribution in [2.45, 2.75) is 84.1 Å². The number of esters is 1. The van der Waals surface area contributed by atoms with Crippen molar-refractivity contribution in [1.29, 1.82) is 0 Å². The molecule has 1 aliphatic carbocycles. The average molecular weight is 626 g/mol. The lowest BCUT2D eigenvalue weighted by Crippen LogP contribution is -2.35. The quantitative estimate of drug-likeness (QED) is 0.191. The van der Waals surface area contributed by atoms with Crippen molar-refractivity contribution >= 4 is 17.5 Å². The van der Waals surface area contributed by atoms with E-state index in [1.165, 1.54) is 35.3 Å². The fourth-order valence-electron chi connectivity index (χ4n) is 6.57. The molecule has 10 heteroatoms. The standard InChI is InChI=1S/C36H47N7O3/c1-25-10-14-30-28(8-5-18-38-30)12-11-27(25)7-3-4-19-43(21-22-45-33-9-6-17-37-26(33)2)20-16-32-36(44)46-29-13-15-31(42-32)34-35(39-23-29)41-24-40-34/h6,9,11-12,17,23-24,32,38-39H,3-5,7-8,10,13-16,18-22H2,1-2H3,(H,40,41)/b12-11-,27-25+,29-23-,42-31?/t32-/m0/s1. The first-order valence-electron chi connectivity index (χ1n) is 16.9. The second-order valence-electron chi connectivity index (χ2n) is 12.6. The monoisotopic (exact) mass is 625 g/mol. The number of pyridine rings is 1. The highest BCUT2D eigenvalue weighted by molar-refractivity contribution is 6.04. The van der Waals surface area contributed by atoms with Gasteiger partial charge in [0.25, 0.3) is 0 Å². The zero-order chi connectivity index (χ0) is 31.7. The van der Waals surface area contributed by atoms with E-state index >= 15 is 0 Å². The summed E-state index contributed by atoms with van der Waals surface area (Å²) in [4.78, 5) is 32.5. The minimum Gasteiger partial charge on any atom is -0.490 e. The zero-order valence-corrected chi connectivity index (χ0v) is 27.2. The number of nitrogens with zero attached hydrogens (tertiary/aromatic N) is 4. The van der Waals surface area contributed by atoms with E-state index in [1.54, 1.807) is 18.7 Å². The van der Waals surface area contributed by atoms with Gasteiger partial charge in [-0.25, -0.2) is 9.78 Å². The Kier molecular flexibility index (Phi) is 10.6. The van der Waals surface area contributed by atoms with Crippen LogP contribution in [0.4, 0.5) is 5.82 Å². The van der Waals surface area contributed by atoms with Gasteiger partial charge >= 0.3 is 5.97 Å². The molecule has 0 saturated carbocycles. The summed E-state index contributed by atoms with van der Waals surface area (Å²) in [6.07, 6.45) is 19.6. The van der Waals surface area contributed by atoms with Crippen molar-refractivity contribution in [2.24, 2.45) is 4.99 Å². The van der Waals surface area contributed by atoms with Crippen molar-refractivity contribution < 1.29 is 14.3 Å². The summed E-state index contributed by atoms with van der Waals surface area (Å²) in [5.74, 6) is 1.82. The highest BCUT2D eigenvalue weighted by Gasteiger charge is 2.28. The third-order valence-corrected chi connectivity index (χ3v) is 9.37. The molecule has 6 rings (SSSR count). The minimum atomic E-state index is -0.585. The number of carbonyl (C=O) groups is 1. The molecule has 0 radical (unpaired) electrons. The predicted molar refractivity (Wildman–Crippen MR) is 181 cm³/mol. The lowest BCUT2D eigenvalue weighted by Gasteiger charge is -2.26. The number of hydrogen-bond acceptors (Lipinski definition) is 9. The van der Waals surface area contributed by atoms with Gasteiger partial charge in [0.2, 0.25) is 0 Å². The van der Waals surface area contributed by atoms with Crippen LogP contribution in [0.5, 0.6) is 5.75 Å². The normalized spacial score (nSPS) is 23.1. The fourth-order valence-corrected chi connectivity index (χ4v) is 6.57. The first-order valence-corrected chi connectivity index (χ1v) is 16.9. The maximum atomic E-state index is 13.2. The van der Waals surface area contributed by atoms with Gasteiger partial charge in [-0.2, -0.15) is 0 Å². The van der Waals surface area contributed by atoms with Crippen LogP contribution in [0.2, 0.25) is 0 Å². The molecule has 3 aliphatic heterocycles. The van der Waals surface area contributed by atoms with E-state index in [9.17, 15) is 4.79 Å². The number of carbonyl (C=O) groups excluding carboxylic acids is 1. The SMILES string of the molecule is C/C1=C(CCCCN(CCOc2cccnc2C)CC[C@@H]2N=C3CC/C(=C/Nc4nc[nH]c43)OC2=O)\C=C/C2=C(CC1)NCCC2. The van der Waals surface area contributed by atoms with Crippen molar-refractivity contribution in [3.63, 3.8) is 0 Å². The molecule has 0 aromatic carbocycles. The number of fused-ring (bicyclic) bond motifs is 5. The molecular formula is C36H47N7O3. The van der Waals surface area contributed by atoms with Crippen molar-refractivity contribution in [3.8, 4) is 5.75 Å². The summed E-state index contributed by atoms with van der Waals surface area (Å²) in [6.45, 7) is 8.28. The molecule has 0 amide bonds. The van der Waals surface area contributed by atoms with Crippen LogP contribution >= 0.6 is 0 Å². The van der Waals surface area contributed by atoms with Crippen LogP contribution in [0.15, 0.2) is 76.2 Å². The number of hydrogen-bond donors (Lipinski definition) is 3. The number of aryl methyl sites for hydroxylation is 1. The Labute approximate surface area is 272 Å². The molecule has 3 N–H and O–H groups in total. The van der Waals surface area contributed by atoms with E-state index in [1.807, 2.05) is 19.1 Å². The predicted octanol–water partition coefficient (Wildman–Crippen LogP) is 6.12. The fraction of sp³-hybridized carbons (Fsp3) is 0.500. The lowest BCUT2D eigenvalue weighted by atomic mass is 9.91. The molecular weight excluding hydrogens is 578 g/mol. The zero-order valence-electron chi connectivity index (χ0n) is 27.2. The molecule has 2 bridgehead atoms. The summed E-state index contributed by atoms with van der Waals surface area (Å²) >= 11 is 0. The molecule has 1 atom stereocenters. The Hall–Kier alpha value is -4.18. The minimum absolute atomic E-state index is 0.305. The number of allylic oxidation sites excluding steroid dienone is 7. The van der Waals surface area contributed by atoms with Gasteiger partial charge in [-0.15, -0.1) is 0 Å². The second-order valence-corrected chi connectivity index (χ2v) is 12.6. The number of unbranched alkanes of at least 4 members (excludes halogenated alkanes) is 1. The van der Waals surface area contributed by atoms with Crippen LogP contribution in [0.3, 0.4) is 0 Å². The molecule has 2 aromatic rings. The maximum Gasteiger partial charge on any atom is 0.336 e. The molecule has 0 unspecified atom stereocenters. The molecule has 0 saturated heterocycles. The summed E-state index contributed by atoms with van der Waals surface area (Å²) in [7, 11) is 0. The van der Waals surface area contributed by atoms with Gasteiger partial charge in [0.1, 0.15) is 29.9 Å². The van der Waals surface area contributed by atoms with E-state index in [0.29, 0.717) is 44.0 Å². The van der Waals surface area contributed by atoms with Gasteiger partial charge in [-0.05, 0) is 101 Å². The summed E-state index contributed by atoms with van der Waals surface area (Å²) in [5, 5.41) is 6.76. The van der Waals surface area contributed by atoms with E-state index in [4.69, 9.17) is 14.5 Å². The molecule has 4 aliphatic rings. The number of aromatic amines is 1. The third-order valence-electron chi connectivity index (χ3n) is 9.37.